The predicted molar refractivity (Wildman–Crippen MR) is 71.0 cm³/mol. The minimum atomic E-state index is 0.613. The SMILES string of the molecule is c1ccc(CC2CNCc3ccccc32)cc1. The smallest absolute Gasteiger partial charge is 0.0208 e. The van der Waals surface area contributed by atoms with Gasteiger partial charge in [0.2, 0.25) is 0 Å². The molecule has 0 fully saturated rings. The number of benzene rings is 2. The largest absolute Gasteiger partial charge is 0.312 e. The molecule has 2 aromatic rings. The van der Waals surface area contributed by atoms with E-state index < -0.39 is 0 Å². The predicted octanol–water partition coefficient (Wildman–Crippen LogP) is 3.12. The van der Waals surface area contributed by atoms with Gasteiger partial charge in [-0.1, -0.05) is 54.6 Å². The van der Waals surface area contributed by atoms with Crippen LogP contribution in [0.15, 0.2) is 54.6 Å². The lowest BCUT2D eigenvalue weighted by Crippen LogP contribution is -2.29. The van der Waals surface area contributed by atoms with Gasteiger partial charge in [0, 0.05) is 19.0 Å². The third-order valence-electron chi connectivity index (χ3n) is 3.53. The zero-order valence-corrected chi connectivity index (χ0v) is 9.89. The maximum Gasteiger partial charge on any atom is 0.0208 e. The minimum Gasteiger partial charge on any atom is -0.312 e. The second kappa shape index (κ2) is 4.72. The number of fused-ring (bicyclic) bond motifs is 1. The summed E-state index contributed by atoms with van der Waals surface area (Å²) in [5.74, 6) is 0.613. The molecule has 0 spiro atoms. The molecule has 1 aliphatic heterocycles. The topological polar surface area (TPSA) is 12.0 Å². The van der Waals surface area contributed by atoms with E-state index in [0.29, 0.717) is 5.92 Å². The molecule has 1 aliphatic rings. The molecule has 1 unspecified atom stereocenters. The highest BCUT2D eigenvalue weighted by Crippen LogP contribution is 2.26. The Labute approximate surface area is 102 Å². The fourth-order valence-electron chi connectivity index (χ4n) is 2.67. The van der Waals surface area contributed by atoms with Crippen LogP contribution in [0.25, 0.3) is 0 Å². The molecule has 17 heavy (non-hydrogen) atoms. The van der Waals surface area contributed by atoms with Crippen LogP contribution in [-0.2, 0) is 13.0 Å². The Morgan fingerprint density at radius 2 is 1.71 bits per heavy atom. The van der Waals surface area contributed by atoms with Crippen LogP contribution in [-0.4, -0.2) is 6.54 Å². The first kappa shape index (κ1) is 10.5. The number of rotatable bonds is 2. The van der Waals surface area contributed by atoms with Crippen molar-refractivity contribution < 1.29 is 0 Å². The lowest BCUT2D eigenvalue weighted by Gasteiger charge is -2.26. The van der Waals surface area contributed by atoms with Gasteiger partial charge < -0.3 is 5.32 Å². The van der Waals surface area contributed by atoms with Crippen LogP contribution in [0, 0.1) is 0 Å². The quantitative estimate of drug-likeness (QED) is 0.825. The number of nitrogens with one attached hydrogen (secondary N) is 1. The van der Waals surface area contributed by atoms with Crippen molar-refractivity contribution in [3.8, 4) is 0 Å². The van der Waals surface area contributed by atoms with Gasteiger partial charge in [0.25, 0.3) is 0 Å². The Kier molecular flexibility index (Phi) is 2.93. The highest BCUT2D eigenvalue weighted by atomic mass is 14.9. The van der Waals surface area contributed by atoms with E-state index in [1.54, 1.807) is 0 Å². The Morgan fingerprint density at radius 3 is 2.59 bits per heavy atom. The molecule has 0 radical (unpaired) electrons. The van der Waals surface area contributed by atoms with E-state index in [-0.39, 0.29) is 0 Å². The maximum atomic E-state index is 3.51. The van der Waals surface area contributed by atoms with E-state index in [0.717, 1.165) is 19.5 Å². The van der Waals surface area contributed by atoms with Crippen LogP contribution >= 0.6 is 0 Å². The molecule has 0 aliphatic carbocycles. The second-order valence-electron chi connectivity index (χ2n) is 4.72. The molecule has 0 amide bonds. The molecule has 86 valence electrons. The molecule has 2 aromatic carbocycles. The zero-order valence-electron chi connectivity index (χ0n) is 9.89. The first-order valence-electron chi connectivity index (χ1n) is 6.26. The Morgan fingerprint density at radius 1 is 0.941 bits per heavy atom. The van der Waals surface area contributed by atoms with Crippen molar-refractivity contribution in [1.82, 2.24) is 5.32 Å². The highest BCUT2D eigenvalue weighted by molar-refractivity contribution is 5.34. The van der Waals surface area contributed by atoms with Crippen LogP contribution in [0.3, 0.4) is 0 Å². The van der Waals surface area contributed by atoms with E-state index in [1.165, 1.54) is 16.7 Å². The number of hydrogen-bond acceptors (Lipinski definition) is 1. The Balaban J connectivity index is 1.86. The fourth-order valence-corrected chi connectivity index (χ4v) is 2.67. The van der Waals surface area contributed by atoms with Crippen LogP contribution in [0.2, 0.25) is 0 Å². The summed E-state index contributed by atoms with van der Waals surface area (Å²) >= 11 is 0. The zero-order chi connectivity index (χ0) is 11.5. The van der Waals surface area contributed by atoms with Gasteiger partial charge in [0.1, 0.15) is 0 Å². The second-order valence-corrected chi connectivity index (χ2v) is 4.72. The molecule has 1 heteroatoms. The lowest BCUT2D eigenvalue weighted by atomic mass is 9.86. The van der Waals surface area contributed by atoms with Gasteiger partial charge in [-0.2, -0.15) is 0 Å². The third-order valence-corrected chi connectivity index (χ3v) is 3.53. The molecular weight excluding hydrogens is 206 g/mol. The van der Waals surface area contributed by atoms with Gasteiger partial charge in [0.15, 0.2) is 0 Å². The Bertz CT molecular complexity index is 490. The first-order valence-corrected chi connectivity index (χ1v) is 6.26. The minimum absolute atomic E-state index is 0.613. The van der Waals surface area contributed by atoms with Crippen molar-refractivity contribution in [1.29, 1.82) is 0 Å². The van der Waals surface area contributed by atoms with Gasteiger partial charge >= 0.3 is 0 Å². The molecule has 0 bridgehead atoms. The van der Waals surface area contributed by atoms with Gasteiger partial charge in [-0.25, -0.2) is 0 Å². The van der Waals surface area contributed by atoms with Crippen molar-refractivity contribution in [2.45, 2.75) is 18.9 Å². The first-order chi connectivity index (χ1) is 8.43. The molecule has 0 aromatic heterocycles. The normalized spacial score (nSPS) is 18.7. The highest BCUT2D eigenvalue weighted by Gasteiger charge is 2.19. The van der Waals surface area contributed by atoms with Crippen LogP contribution in [0.4, 0.5) is 0 Å². The molecule has 1 heterocycles. The summed E-state index contributed by atoms with van der Waals surface area (Å²) in [5, 5.41) is 3.51. The van der Waals surface area contributed by atoms with Crippen LogP contribution in [0.1, 0.15) is 22.6 Å². The molecule has 0 saturated heterocycles. The van der Waals surface area contributed by atoms with Crippen molar-refractivity contribution >= 4 is 0 Å². The summed E-state index contributed by atoms with van der Waals surface area (Å²) in [4.78, 5) is 0. The molecule has 1 atom stereocenters. The summed E-state index contributed by atoms with van der Waals surface area (Å²) in [7, 11) is 0. The number of hydrogen-bond donors (Lipinski definition) is 1. The van der Waals surface area contributed by atoms with Crippen molar-refractivity contribution in [3.63, 3.8) is 0 Å². The fraction of sp³-hybridized carbons (Fsp3) is 0.250. The average Bonchev–Trinajstić information content (AvgIpc) is 2.40. The van der Waals surface area contributed by atoms with Crippen molar-refractivity contribution in [2.24, 2.45) is 0 Å². The lowest BCUT2D eigenvalue weighted by molar-refractivity contribution is 0.539. The molecule has 1 N–H and O–H groups in total. The Hall–Kier alpha value is -1.60. The van der Waals surface area contributed by atoms with Crippen LogP contribution < -0.4 is 5.32 Å². The van der Waals surface area contributed by atoms with E-state index in [4.69, 9.17) is 0 Å². The summed E-state index contributed by atoms with van der Waals surface area (Å²) in [6.07, 6.45) is 1.13. The maximum absolute atomic E-state index is 3.51. The third kappa shape index (κ3) is 2.25. The van der Waals surface area contributed by atoms with E-state index in [9.17, 15) is 0 Å². The van der Waals surface area contributed by atoms with E-state index in [2.05, 4.69) is 59.9 Å². The molecule has 1 nitrogen and oxygen atoms in total. The van der Waals surface area contributed by atoms with Crippen molar-refractivity contribution in [2.75, 3.05) is 6.54 Å². The van der Waals surface area contributed by atoms with Gasteiger partial charge in [0.05, 0.1) is 0 Å². The summed E-state index contributed by atoms with van der Waals surface area (Å²) in [5.41, 5.74) is 4.41. The van der Waals surface area contributed by atoms with Crippen LogP contribution in [0.5, 0.6) is 0 Å². The summed E-state index contributed by atoms with van der Waals surface area (Å²) in [6.45, 7) is 2.10. The monoisotopic (exact) mass is 223 g/mol. The standard InChI is InChI=1S/C16H17N/c1-2-6-13(7-3-1)10-15-12-17-11-14-8-4-5-9-16(14)15/h1-9,15,17H,10-12H2. The summed E-state index contributed by atoms with van der Waals surface area (Å²) < 4.78 is 0. The van der Waals surface area contributed by atoms with Gasteiger partial charge in [-0.05, 0) is 23.1 Å². The van der Waals surface area contributed by atoms with Gasteiger partial charge in [-0.3, -0.25) is 0 Å². The summed E-state index contributed by atoms with van der Waals surface area (Å²) in [6, 6.07) is 19.6. The van der Waals surface area contributed by atoms with E-state index in [1.807, 2.05) is 0 Å². The van der Waals surface area contributed by atoms with Gasteiger partial charge in [-0.15, -0.1) is 0 Å². The molecule has 3 rings (SSSR count). The average molecular weight is 223 g/mol. The molecule has 0 saturated carbocycles. The van der Waals surface area contributed by atoms with Crippen molar-refractivity contribution in [3.05, 3.63) is 71.3 Å². The van der Waals surface area contributed by atoms with E-state index >= 15 is 0 Å². The molecular formula is C16H17N.